The highest BCUT2D eigenvalue weighted by Gasteiger charge is 2.05. The number of hydrogen-bond donors (Lipinski definition) is 0. The first kappa shape index (κ1) is 13.6. The molecule has 0 bridgehead atoms. The molecular formula is C13H15NO2S. The van der Waals surface area contributed by atoms with Crippen LogP contribution in [0.25, 0.3) is 0 Å². The molecule has 1 rings (SSSR count). The lowest BCUT2D eigenvalue weighted by molar-refractivity contribution is 0.0505. The summed E-state index contributed by atoms with van der Waals surface area (Å²) in [5.74, 6) is 1.00. The minimum absolute atomic E-state index is 0.275. The molecule has 0 aliphatic rings. The zero-order valence-corrected chi connectivity index (χ0v) is 10.6. The van der Waals surface area contributed by atoms with Crippen LogP contribution in [0.3, 0.4) is 0 Å². The molecule has 4 heteroatoms. The van der Waals surface area contributed by atoms with Gasteiger partial charge in [-0.15, -0.1) is 11.8 Å². The average molecular weight is 249 g/mol. The number of carbonyl (C=O) groups is 1. The fourth-order valence-corrected chi connectivity index (χ4v) is 1.85. The topological polar surface area (TPSA) is 50.1 Å². The van der Waals surface area contributed by atoms with E-state index in [-0.39, 0.29) is 5.97 Å². The maximum Gasteiger partial charge on any atom is 0.338 e. The number of nitriles is 1. The fraction of sp³-hybridized carbons (Fsp3) is 0.385. The molecule has 17 heavy (non-hydrogen) atoms. The van der Waals surface area contributed by atoms with Gasteiger partial charge in [0, 0.05) is 5.75 Å². The van der Waals surface area contributed by atoms with E-state index in [1.54, 1.807) is 23.9 Å². The Bertz CT molecular complexity index is 395. The van der Waals surface area contributed by atoms with Gasteiger partial charge in [-0.25, -0.2) is 4.79 Å². The van der Waals surface area contributed by atoms with Crippen LogP contribution in [0.1, 0.15) is 29.3 Å². The largest absolute Gasteiger partial charge is 0.462 e. The molecule has 0 heterocycles. The van der Waals surface area contributed by atoms with Crippen LogP contribution in [0, 0.1) is 11.3 Å². The second kappa shape index (κ2) is 7.75. The van der Waals surface area contributed by atoms with E-state index in [1.807, 2.05) is 19.1 Å². The Balaban J connectivity index is 2.50. The highest BCUT2D eigenvalue weighted by molar-refractivity contribution is 7.98. The Kier molecular flexibility index (Phi) is 6.19. The molecule has 0 fully saturated rings. The van der Waals surface area contributed by atoms with Crippen molar-refractivity contribution in [2.45, 2.75) is 19.1 Å². The van der Waals surface area contributed by atoms with Crippen molar-refractivity contribution in [2.75, 3.05) is 12.4 Å². The molecule has 0 unspecified atom stereocenters. The predicted octanol–water partition coefficient (Wildman–Crippen LogP) is 3.01. The minimum atomic E-state index is -0.275. The standard InChI is InChI=1S/C13H15NO2S/c1-2-8-16-13(15)12-5-3-11(4-6-12)10-17-9-7-14/h3-6H,2,8-10H2,1H3. The van der Waals surface area contributed by atoms with Gasteiger partial charge in [0.2, 0.25) is 0 Å². The SMILES string of the molecule is CCCOC(=O)c1ccc(CSCC#N)cc1. The maximum absolute atomic E-state index is 11.5. The van der Waals surface area contributed by atoms with Gasteiger partial charge < -0.3 is 4.74 Å². The second-order valence-electron chi connectivity index (χ2n) is 3.48. The van der Waals surface area contributed by atoms with Gasteiger partial charge in [0.25, 0.3) is 0 Å². The van der Waals surface area contributed by atoms with Crippen molar-refractivity contribution < 1.29 is 9.53 Å². The molecule has 0 N–H and O–H groups in total. The van der Waals surface area contributed by atoms with Gasteiger partial charge in [-0.05, 0) is 24.1 Å². The molecule has 0 spiro atoms. The Morgan fingerprint density at radius 1 is 1.41 bits per heavy atom. The summed E-state index contributed by atoms with van der Waals surface area (Å²) in [7, 11) is 0. The third-order valence-electron chi connectivity index (χ3n) is 2.06. The van der Waals surface area contributed by atoms with E-state index in [0.29, 0.717) is 17.9 Å². The quantitative estimate of drug-likeness (QED) is 0.574. The lowest BCUT2D eigenvalue weighted by Crippen LogP contribution is -2.05. The molecule has 0 saturated heterocycles. The summed E-state index contributed by atoms with van der Waals surface area (Å²) in [5, 5.41) is 8.41. The number of hydrogen-bond acceptors (Lipinski definition) is 4. The van der Waals surface area contributed by atoms with Gasteiger partial charge in [0.05, 0.1) is 24.0 Å². The van der Waals surface area contributed by atoms with E-state index in [4.69, 9.17) is 10.00 Å². The molecule has 90 valence electrons. The zero-order chi connectivity index (χ0) is 12.5. The summed E-state index contributed by atoms with van der Waals surface area (Å²) in [6.07, 6.45) is 0.828. The maximum atomic E-state index is 11.5. The summed E-state index contributed by atoms with van der Waals surface area (Å²) in [6.45, 7) is 2.42. The van der Waals surface area contributed by atoms with Gasteiger partial charge in [0.1, 0.15) is 0 Å². The Labute approximate surface area is 106 Å². The highest BCUT2D eigenvalue weighted by Crippen LogP contribution is 2.13. The van der Waals surface area contributed by atoms with Gasteiger partial charge in [0.15, 0.2) is 0 Å². The molecule has 1 aromatic carbocycles. The van der Waals surface area contributed by atoms with Crippen LogP contribution in [-0.4, -0.2) is 18.3 Å². The molecule has 3 nitrogen and oxygen atoms in total. The molecule has 0 aliphatic heterocycles. The molecule has 0 atom stereocenters. The first-order chi connectivity index (χ1) is 8.27. The van der Waals surface area contributed by atoms with Crippen LogP contribution in [0.15, 0.2) is 24.3 Å². The van der Waals surface area contributed by atoms with E-state index in [1.165, 1.54) is 0 Å². The Morgan fingerprint density at radius 2 is 2.12 bits per heavy atom. The number of carbonyl (C=O) groups excluding carboxylic acids is 1. The van der Waals surface area contributed by atoms with Crippen molar-refractivity contribution >= 4 is 17.7 Å². The van der Waals surface area contributed by atoms with E-state index in [9.17, 15) is 4.79 Å². The summed E-state index contributed by atoms with van der Waals surface area (Å²) in [5.41, 5.74) is 1.68. The van der Waals surface area contributed by atoms with E-state index in [0.717, 1.165) is 17.7 Å². The van der Waals surface area contributed by atoms with Crippen molar-refractivity contribution in [3.05, 3.63) is 35.4 Å². The molecule has 0 amide bonds. The van der Waals surface area contributed by atoms with Crippen LogP contribution in [0.4, 0.5) is 0 Å². The molecule has 0 saturated carbocycles. The van der Waals surface area contributed by atoms with Crippen molar-refractivity contribution in [3.63, 3.8) is 0 Å². The molecule has 0 aliphatic carbocycles. The Hall–Kier alpha value is -1.47. The molecule has 0 radical (unpaired) electrons. The second-order valence-corrected chi connectivity index (χ2v) is 4.47. The average Bonchev–Trinajstić information content (AvgIpc) is 2.37. The van der Waals surface area contributed by atoms with Crippen molar-refractivity contribution in [1.82, 2.24) is 0 Å². The van der Waals surface area contributed by atoms with Crippen LogP contribution in [0.5, 0.6) is 0 Å². The monoisotopic (exact) mass is 249 g/mol. The third kappa shape index (κ3) is 4.92. The molecule has 1 aromatic rings. The Morgan fingerprint density at radius 3 is 2.71 bits per heavy atom. The van der Waals surface area contributed by atoms with Crippen LogP contribution in [-0.2, 0) is 10.5 Å². The molecule has 0 aromatic heterocycles. The van der Waals surface area contributed by atoms with Crippen LogP contribution >= 0.6 is 11.8 Å². The van der Waals surface area contributed by atoms with E-state index in [2.05, 4.69) is 6.07 Å². The third-order valence-corrected chi connectivity index (χ3v) is 2.93. The smallest absolute Gasteiger partial charge is 0.338 e. The number of ether oxygens (including phenoxy) is 1. The number of rotatable bonds is 6. The summed E-state index contributed by atoms with van der Waals surface area (Å²) < 4.78 is 5.03. The van der Waals surface area contributed by atoms with Crippen LogP contribution < -0.4 is 0 Å². The van der Waals surface area contributed by atoms with E-state index < -0.39 is 0 Å². The number of thioether (sulfide) groups is 1. The zero-order valence-electron chi connectivity index (χ0n) is 9.81. The van der Waals surface area contributed by atoms with Gasteiger partial charge in [-0.2, -0.15) is 5.26 Å². The van der Waals surface area contributed by atoms with Crippen LogP contribution in [0.2, 0.25) is 0 Å². The highest BCUT2D eigenvalue weighted by atomic mass is 32.2. The first-order valence-electron chi connectivity index (χ1n) is 5.48. The predicted molar refractivity (Wildman–Crippen MR) is 68.8 cm³/mol. The van der Waals surface area contributed by atoms with Crippen molar-refractivity contribution in [3.8, 4) is 6.07 Å². The number of esters is 1. The van der Waals surface area contributed by atoms with Gasteiger partial charge in [-0.1, -0.05) is 19.1 Å². The van der Waals surface area contributed by atoms with Crippen molar-refractivity contribution in [1.29, 1.82) is 5.26 Å². The van der Waals surface area contributed by atoms with Gasteiger partial charge in [-0.3, -0.25) is 0 Å². The number of nitrogens with zero attached hydrogens (tertiary/aromatic N) is 1. The lowest BCUT2D eigenvalue weighted by Gasteiger charge is -2.04. The summed E-state index contributed by atoms with van der Waals surface area (Å²) in [4.78, 5) is 11.5. The van der Waals surface area contributed by atoms with Gasteiger partial charge >= 0.3 is 5.97 Å². The summed E-state index contributed by atoms with van der Waals surface area (Å²) >= 11 is 1.56. The normalized spacial score (nSPS) is 9.65. The van der Waals surface area contributed by atoms with Crippen molar-refractivity contribution in [2.24, 2.45) is 0 Å². The summed E-state index contributed by atoms with van der Waals surface area (Å²) in [6, 6.07) is 9.40. The number of benzene rings is 1. The molecular weight excluding hydrogens is 234 g/mol. The lowest BCUT2D eigenvalue weighted by atomic mass is 10.1. The fourth-order valence-electron chi connectivity index (χ4n) is 1.23. The first-order valence-corrected chi connectivity index (χ1v) is 6.64. The minimum Gasteiger partial charge on any atom is -0.462 e. The van der Waals surface area contributed by atoms with E-state index >= 15 is 0 Å².